The Labute approximate surface area is 103 Å². The van der Waals surface area contributed by atoms with Crippen molar-refractivity contribution in [1.29, 1.82) is 0 Å². The molecule has 0 fully saturated rings. The van der Waals surface area contributed by atoms with Crippen molar-refractivity contribution in [3.05, 3.63) is 46.8 Å². The number of nitrogens with one attached hydrogen (secondary N) is 1. The molecule has 6 heteroatoms. The van der Waals surface area contributed by atoms with E-state index >= 15 is 0 Å². The highest BCUT2D eigenvalue weighted by Crippen LogP contribution is 2.11. The molecule has 0 saturated carbocycles. The summed E-state index contributed by atoms with van der Waals surface area (Å²) in [6, 6.07) is 3.30. The number of rotatable bonds is 3. The van der Waals surface area contributed by atoms with Gasteiger partial charge in [-0.25, -0.2) is 13.8 Å². The molecule has 0 aliphatic heterocycles. The van der Waals surface area contributed by atoms with Crippen LogP contribution >= 0.6 is 0 Å². The van der Waals surface area contributed by atoms with E-state index in [1.165, 1.54) is 0 Å². The third-order valence-corrected chi connectivity index (χ3v) is 2.54. The third-order valence-electron chi connectivity index (χ3n) is 2.54. The predicted octanol–water partition coefficient (Wildman–Crippen LogP) is 2.38. The van der Waals surface area contributed by atoms with Crippen LogP contribution in [0, 0.1) is 25.5 Å². The van der Waals surface area contributed by atoms with E-state index in [0.717, 1.165) is 29.6 Å². The molecule has 0 unspecified atom stereocenters. The van der Waals surface area contributed by atoms with Crippen molar-refractivity contribution in [2.75, 3.05) is 5.32 Å². The SMILES string of the molecule is Cc1nnc(NCc2cc(F)ccc2F)nc1C. The molecule has 0 amide bonds. The molecule has 94 valence electrons. The lowest BCUT2D eigenvalue weighted by Gasteiger charge is -2.06. The smallest absolute Gasteiger partial charge is 0.243 e. The number of aromatic nitrogens is 3. The molecular weight excluding hydrogens is 238 g/mol. The van der Waals surface area contributed by atoms with E-state index in [2.05, 4.69) is 20.5 Å². The fourth-order valence-corrected chi connectivity index (χ4v) is 1.38. The van der Waals surface area contributed by atoms with Crippen LogP contribution in [0.2, 0.25) is 0 Å². The van der Waals surface area contributed by atoms with Crippen LogP contribution in [0.3, 0.4) is 0 Å². The summed E-state index contributed by atoms with van der Waals surface area (Å²) in [6.45, 7) is 3.71. The summed E-state index contributed by atoms with van der Waals surface area (Å²) in [6.07, 6.45) is 0. The van der Waals surface area contributed by atoms with E-state index in [1.54, 1.807) is 13.8 Å². The Morgan fingerprint density at radius 2 is 1.89 bits per heavy atom. The number of halogens is 2. The van der Waals surface area contributed by atoms with E-state index in [-0.39, 0.29) is 12.1 Å². The Morgan fingerprint density at radius 3 is 2.61 bits per heavy atom. The molecule has 2 rings (SSSR count). The molecule has 0 bridgehead atoms. The number of benzene rings is 1. The van der Waals surface area contributed by atoms with Crippen LogP contribution in [0.4, 0.5) is 14.7 Å². The Hall–Kier alpha value is -2.11. The van der Waals surface area contributed by atoms with E-state index in [9.17, 15) is 8.78 Å². The van der Waals surface area contributed by atoms with Crippen LogP contribution < -0.4 is 5.32 Å². The zero-order valence-electron chi connectivity index (χ0n) is 10.0. The molecule has 4 nitrogen and oxygen atoms in total. The first-order valence-electron chi connectivity index (χ1n) is 5.42. The number of nitrogens with zero attached hydrogens (tertiary/aromatic N) is 3. The summed E-state index contributed by atoms with van der Waals surface area (Å²) in [7, 11) is 0. The number of anilines is 1. The fourth-order valence-electron chi connectivity index (χ4n) is 1.38. The summed E-state index contributed by atoms with van der Waals surface area (Å²) >= 11 is 0. The van der Waals surface area contributed by atoms with Crippen molar-refractivity contribution in [2.45, 2.75) is 20.4 Å². The van der Waals surface area contributed by atoms with Gasteiger partial charge in [0.15, 0.2) is 0 Å². The van der Waals surface area contributed by atoms with Crippen molar-refractivity contribution < 1.29 is 8.78 Å². The summed E-state index contributed by atoms with van der Waals surface area (Å²) in [5.74, 6) is -0.658. The molecule has 2 aromatic rings. The van der Waals surface area contributed by atoms with Crippen LogP contribution in [-0.2, 0) is 6.54 Å². The molecule has 0 spiro atoms. The van der Waals surface area contributed by atoms with E-state index in [1.807, 2.05) is 0 Å². The fraction of sp³-hybridized carbons (Fsp3) is 0.250. The molecule has 1 heterocycles. The minimum Gasteiger partial charge on any atom is -0.349 e. The second-order valence-electron chi connectivity index (χ2n) is 3.90. The van der Waals surface area contributed by atoms with E-state index < -0.39 is 11.6 Å². The van der Waals surface area contributed by atoms with Gasteiger partial charge >= 0.3 is 0 Å². The molecule has 0 aliphatic rings. The highest BCUT2D eigenvalue weighted by atomic mass is 19.1. The van der Waals surface area contributed by atoms with Crippen molar-refractivity contribution >= 4 is 5.95 Å². The van der Waals surface area contributed by atoms with E-state index in [0.29, 0.717) is 5.95 Å². The Balaban J connectivity index is 2.11. The van der Waals surface area contributed by atoms with Gasteiger partial charge in [0.25, 0.3) is 0 Å². The maximum atomic E-state index is 13.4. The average Bonchev–Trinajstić information content (AvgIpc) is 2.34. The zero-order valence-corrected chi connectivity index (χ0v) is 10.0. The monoisotopic (exact) mass is 250 g/mol. The van der Waals surface area contributed by atoms with Gasteiger partial charge in [0.05, 0.1) is 11.4 Å². The van der Waals surface area contributed by atoms with Crippen molar-refractivity contribution in [3.63, 3.8) is 0 Å². The van der Waals surface area contributed by atoms with Crippen molar-refractivity contribution in [2.24, 2.45) is 0 Å². The van der Waals surface area contributed by atoms with Gasteiger partial charge < -0.3 is 5.32 Å². The van der Waals surface area contributed by atoms with Gasteiger partial charge in [-0.15, -0.1) is 5.10 Å². The summed E-state index contributed by atoms with van der Waals surface area (Å²) in [4.78, 5) is 4.14. The van der Waals surface area contributed by atoms with Crippen LogP contribution in [-0.4, -0.2) is 15.2 Å². The largest absolute Gasteiger partial charge is 0.349 e. The minimum atomic E-state index is -0.479. The number of aryl methyl sites for hydroxylation is 2. The van der Waals surface area contributed by atoms with Crippen molar-refractivity contribution in [1.82, 2.24) is 15.2 Å². The molecule has 0 saturated heterocycles. The topological polar surface area (TPSA) is 50.7 Å². The third kappa shape index (κ3) is 2.77. The Morgan fingerprint density at radius 1 is 1.11 bits per heavy atom. The highest BCUT2D eigenvalue weighted by molar-refractivity contribution is 5.28. The van der Waals surface area contributed by atoms with Gasteiger partial charge in [-0.05, 0) is 32.0 Å². The molecule has 0 atom stereocenters. The first kappa shape index (κ1) is 12.3. The normalized spacial score (nSPS) is 10.4. The molecule has 18 heavy (non-hydrogen) atoms. The number of hydrogen-bond acceptors (Lipinski definition) is 4. The lowest BCUT2D eigenvalue weighted by atomic mass is 10.2. The molecule has 1 N–H and O–H groups in total. The molecular formula is C12H12F2N4. The maximum Gasteiger partial charge on any atom is 0.243 e. The first-order chi connectivity index (χ1) is 8.56. The van der Waals surface area contributed by atoms with Gasteiger partial charge in [0, 0.05) is 12.1 Å². The lowest BCUT2D eigenvalue weighted by Crippen LogP contribution is -2.08. The van der Waals surface area contributed by atoms with Crippen molar-refractivity contribution in [3.8, 4) is 0 Å². The summed E-state index contributed by atoms with van der Waals surface area (Å²) < 4.78 is 26.3. The highest BCUT2D eigenvalue weighted by Gasteiger charge is 2.05. The standard InChI is InChI=1S/C12H12F2N4/c1-7-8(2)17-18-12(16-7)15-6-9-5-10(13)3-4-11(9)14/h3-5H,6H2,1-2H3,(H,15,16,18). The second kappa shape index (κ2) is 5.03. The molecule has 0 aliphatic carbocycles. The minimum absolute atomic E-state index is 0.105. The van der Waals surface area contributed by atoms with Gasteiger partial charge in [-0.3, -0.25) is 0 Å². The first-order valence-corrected chi connectivity index (χ1v) is 5.42. The predicted molar refractivity (Wildman–Crippen MR) is 63.0 cm³/mol. The summed E-state index contributed by atoms with van der Waals surface area (Å²) in [5, 5.41) is 10.5. The van der Waals surface area contributed by atoms with Crippen LogP contribution in [0.25, 0.3) is 0 Å². The Kier molecular flexibility index (Phi) is 3.45. The molecule has 0 radical (unpaired) electrons. The van der Waals surface area contributed by atoms with Gasteiger partial charge in [-0.2, -0.15) is 5.10 Å². The summed E-state index contributed by atoms with van der Waals surface area (Å²) in [5.41, 5.74) is 1.70. The zero-order chi connectivity index (χ0) is 13.1. The van der Waals surface area contributed by atoms with Gasteiger partial charge in [0.1, 0.15) is 11.6 Å². The van der Waals surface area contributed by atoms with Gasteiger partial charge in [-0.1, -0.05) is 0 Å². The van der Waals surface area contributed by atoms with Crippen LogP contribution in [0.5, 0.6) is 0 Å². The Bertz CT molecular complexity index is 572. The van der Waals surface area contributed by atoms with Gasteiger partial charge in [0.2, 0.25) is 5.95 Å². The quantitative estimate of drug-likeness (QED) is 0.908. The van der Waals surface area contributed by atoms with E-state index in [4.69, 9.17) is 0 Å². The van der Waals surface area contributed by atoms with Crippen LogP contribution in [0.15, 0.2) is 18.2 Å². The maximum absolute atomic E-state index is 13.4. The average molecular weight is 250 g/mol. The second-order valence-corrected chi connectivity index (χ2v) is 3.90. The molecule has 1 aromatic carbocycles. The number of hydrogen-bond donors (Lipinski definition) is 1. The lowest BCUT2D eigenvalue weighted by molar-refractivity contribution is 0.587. The van der Waals surface area contributed by atoms with Crippen LogP contribution in [0.1, 0.15) is 17.0 Å². The molecule has 1 aromatic heterocycles.